The van der Waals surface area contributed by atoms with Gasteiger partial charge in [-0.15, -0.1) is 0 Å². The fraction of sp³-hybridized carbons (Fsp3) is 0.429. The number of anilines is 1. The summed E-state index contributed by atoms with van der Waals surface area (Å²) in [7, 11) is 1.70. The Bertz CT molecular complexity index is 927. The first-order valence-corrected chi connectivity index (χ1v) is 9.61. The van der Waals surface area contributed by atoms with Gasteiger partial charge in [-0.2, -0.15) is 0 Å². The van der Waals surface area contributed by atoms with Gasteiger partial charge in [-0.05, 0) is 23.8 Å². The minimum atomic E-state index is 0.320. The number of imidazole rings is 1. The van der Waals surface area contributed by atoms with Gasteiger partial charge in [0.15, 0.2) is 5.65 Å². The normalized spacial score (nSPS) is 14.9. The van der Waals surface area contributed by atoms with Crippen molar-refractivity contribution in [1.29, 1.82) is 0 Å². The van der Waals surface area contributed by atoms with E-state index in [-0.39, 0.29) is 0 Å². The molecule has 0 aliphatic carbocycles. The SMILES string of the molecule is COc1cccc(Cn2c(C(C)C)nc3c(N4CCNCC4)ccnc32)c1. The Morgan fingerprint density at radius 3 is 2.74 bits per heavy atom. The Morgan fingerprint density at radius 1 is 1.19 bits per heavy atom. The maximum absolute atomic E-state index is 5.38. The molecule has 0 saturated carbocycles. The van der Waals surface area contributed by atoms with E-state index in [2.05, 4.69) is 46.8 Å². The molecule has 1 aliphatic heterocycles. The zero-order valence-electron chi connectivity index (χ0n) is 16.3. The average molecular weight is 365 g/mol. The molecule has 4 rings (SSSR count). The second kappa shape index (κ2) is 7.56. The van der Waals surface area contributed by atoms with E-state index in [0.717, 1.165) is 55.5 Å². The number of ether oxygens (including phenoxy) is 1. The number of nitrogens with zero attached hydrogens (tertiary/aromatic N) is 4. The number of hydrogen-bond acceptors (Lipinski definition) is 5. The van der Waals surface area contributed by atoms with Crippen molar-refractivity contribution >= 4 is 16.9 Å². The first-order chi connectivity index (χ1) is 13.2. The van der Waals surface area contributed by atoms with Crippen LogP contribution in [-0.4, -0.2) is 47.8 Å². The molecule has 0 unspecified atom stereocenters. The van der Waals surface area contributed by atoms with Gasteiger partial charge in [0.2, 0.25) is 0 Å². The van der Waals surface area contributed by atoms with Crippen molar-refractivity contribution in [3.63, 3.8) is 0 Å². The van der Waals surface area contributed by atoms with Crippen LogP contribution in [0.15, 0.2) is 36.5 Å². The van der Waals surface area contributed by atoms with Crippen molar-refractivity contribution in [3.05, 3.63) is 47.9 Å². The van der Waals surface area contributed by atoms with E-state index in [1.165, 1.54) is 11.3 Å². The molecule has 6 heteroatoms. The lowest BCUT2D eigenvalue weighted by molar-refractivity contribution is 0.414. The first kappa shape index (κ1) is 17.8. The highest BCUT2D eigenvalue weighted by Crippen LogP contribution is 2.29. The largest absolute Gasteiger partial charge is 0.497 e. The quantitative estimate of drug-likeness (QED) is 0.753. The van der Waals surface area contributed by atoms with Gasteiger partial charge in [0, 0.05) is 38.3 Å². The van der Waals surface area contributed by atoms with Crippen LogP contribution < -0.4 is 15.0 Å². The lowest BCUT2D eigenvalue weighted by Crippen LogP contribution is -2.43. The average Bonchev–Trinajstić information content (AvgIpc) is 3.07. The summed E-state index contributed by atoms with van der Waals surface area (Å²) in [5, 5.41) is 3.42. The molecule has 0 amide bonds. The second-order valence-electron chi connectivity index (χ2n) is 7.30. The topological polar surface area (TPSA) is 55.2 Å². The van der Waals surface area contributed by atoms with Crippen molar-refractivity contribution in [2.75, 3.05) is 38.2 Å². The molecule has 3 heterocycles. The maximum atomic E-state index is 5.38. The molecule has 3 aromatic rings. The van der Waals surface area contributed by atoms with E-state index in [4.69, 9.17) is 14.7 Å². The molecule has 1 aromatic carbocycles. The van der Waals surface area contributed by atoms with Crippen LogP contribution in [0, 0.1) is 0 Å². The number of pyridine rings is 1. The summed E-state index contributed by atoms with van der Waals surface area (Å²) in [6.45, 7) is 9.12. The standard InChI is InChI=1S/C21H27N5O/c1-15(2)20-24-19-18(25-11-9-22-10-12-25)7-8-23-21(19)26(20)14-16-5-4-6-17(13-16)27-3/h4-8,13,15,22H,9-12,14H2,1-3H3. The summed E-state index contributed by atoms with van der Waals surface area (Å²) < 4.78 is 7.64. The number of nitrogens with one attached hydrogen (secondary N) is 1. The van der Waals surface area contributed by atoms with E-state index < -0.39 is 0 Å². The highest BCUT2D eigenvalue weighted by molar-refractivity contribution is 5.86. The van der Waals surface area contributed by atoms with Crippen LogP contribution in [0.2, 0.25) is 0 Å². The molecule has 142 valence electrons. The van der Waals surface area contributed by atoms with Crippen LogP contribution in [0.1, 0.15) is 31.2 Å². The van der Waals surface area contributed by atoms with Gasteiger partial charge in [0.25, 0.3) is 0 Å². The Balaban J connectivity index is 1.79. The second-order valence-corrected chi connectivity index (χ2v) is 7.30. The zero-order chi connectivity index (χ0) is 18.8. The number of benzene rings is 1. The van der Waals surface area contributed by atoms with Crippen LogP contribution in [0.4, 0.5) is 5.69 Å². The summed E-state index contributed by atoms with van der Waals surface area (Å²) in [5.74, 6) is 2.26. The van der Waals surface area contributed by atoms with Crippen LogP contribution in [0.3, 0.4) is 0 Å². The fourth-order valence-corrected chi connectivity index (χ4v) is 3.73. The van der Waals surface area contributed by atoms with E-state index in [0.29, 0.717) is 5.92 Å². The van der Waals surface area contributed by atoms with E-state index in [1.807, 2.05) is 18.3 Å². The summed E-state index contributed by atoms with van der Waals surface area (Å²) in [6.07, 6.45) is 1.91. The maximum Gasteiger partial charge on any atom is 0.162 e. The number of methoxy groups -OCH3 is 1. The monoisotopic (exact) mass is 365 g/mol. The highest BCUT2D eigenvalue weighted by atomic mass is 16.5. The molecule has 1 fully saturated rings. The number of hydrogen-bond donors (Lipinski definition) is 1. The molecule has 0 spiro atoms. The minimum Gasteiger partial charge on any atom is -0.497 e. The third-order valence-corrected chi connectivity index (χ3v) is 5.09. The zero-order valence-corrected chi connectivity index (χ0v) is 16.3. The van der Waals surface area contributed by atoms with Gasteiger partial charge in [0.05, 0.1) is 19.3 Å². The van der Waals surface area contributed by atoms with Crippen molar-refractivity contribution in [1.82, 2.24) is 19.9 Å². The summed E-state index contributed by atoms with van der Waals surface area (Å²) in [6, 6.07) is 10.3. The molecule has 1 N–H and O–H groups in total. The molecule has 0 atom stereocenters. The predicted octanol–water partition coefficient (Wildman–Crippen LogP) is 3.02. The lowest BCUT2D eigenvalue weighted by atomic mass is 10.2. The first-order valence-electron chi connectivity index (χ1n) is 9.61. The molecular formula is C21H27N5O. The predicted molar refractivity (Wildman–Crippen MR) is 109 cm³/mol. The Hall–Kier alpha value is -2.60. The molecule has 27 heavy (non-hydrogen) atoms. The summed E-state index contributed by atoms with van der Waals surface area (Å²) in [5.41, 5.74) is 4.33. The van der Waals surface area contributed by atoms with Crippen molar-refractivity contribution in [3.8, 4) is 5.75 Å². The van der Waals surface area contributed by atoms with E-state index in [1.54, 1.807) is 7.11 Å². The number of fused-ring (bicyclic) bond motifs is 1. The molecule has 1 saturated heterocycles. The highest BCUT2D eigenvalue weighted by Gasteiger charge is 2.21. The van der Waals surface area contributed by atoms with Gasteiger partial charge >= 0.3 is 0 Å². The number of piperazine rings is 1. The van der Waals surface area contributed by atoms with E-state index >= 15 is 0 Å². The van der Waals surface area contributed by atoms with E-state index in [9.17, 15) is 0 Å². The number of aromatic nitrogens is 3. The molecule has 6 nitrogen and oxygen atoms in total. The van der Waals surface area contributed by atoms with Crippen molar-refractivity contribution < 1.29 is 4.74 Å². The van der Waals surface area contributed by atoms with Crippen LogP contribution in [0.25, 0.3) is 11.2 Å². The van der Waals surface area contributed by atoms with Gasteiger partial charge < -0.3 is 19.5 Å². The Labute approximate surface area is 160 Å². The summed E-state index contributed by atoms with van der Waals surface area (Å²) in [4.78, 5) is 12.1. The van der Waals surface area contributed by atoms with Crippen LogP contribution in [-0.2, 0) is 6.54 Å². The number of rotatable bonds is 5. The molecule has 0 bridgehead atoms. The lowest BCUT2D eigenvalue weighted by Gasteiger charge is -2.29. The smallest absolute Gasteiger partial charge is 0.162 e. The minimum absolute atomic E-state index is 0.320. The fourth-order valence-electron chi connectivity index (χ4n) is 3.73. The van der Waals surface area contributed by atoms with Crippen LogP contribution >= 0.6 is 0 Å². The summed E-state index contributed by atoms with van der Waals surface area (Å²) >= 11 is 0. The van der Waals surface area contributed by atoms with Crippen molar-refractivity contribution in [2.24, 2.45) is 0 Å². The van der Waals surface area contributed by atoms with Gasteiger partial charge in [-0.25, -0.2) is 9.97 Å². The van der Waals surface area contributed by atoms with Gasteiger partial charge in [-0.1, -0.05) is 26.0 Å². The third kappa shape index (κ3) is 3.49. The van der Waals surface area contributed by atoms with Gasteiger partial charge in [-0.3, -0.25) is 0 Å². The molecule has 0 radical (unpaired) electrons. The van der Waals surface area contributed by atoms with Crippen molar-refractivity contribution in [2.45, 2.75) is 26.3 Å². The third-order valence-electron chi connectivity index (χ3n) is 5.09. The molecule has 1 aliphatic rings. The molecule has 2 aromatic heterocycles. The Kier molecular flexibility index (Phi) is 4.99. The van der Waals surface area contributed by atoms with Gasteiger partial charge in [0.1, 0.15) is 17.1 Å². The van der Waals surface area contributed by atoms with Crippen LogP contribution in [0.5, 0.6) is 5.75 Å². The Morgan fingerprint density at radius 2 is 2.00 bits per heavy atom. The molecular weight excluding hydrogens is 338 g/mol.